The number of hydrogen-bond donors (Lipinski definition) is 2. The van der Waals surface area contributed by atoms with Crippen molar-refractivity contribution in [3.05, 3.63) is 24.3 Å². The topological polar surface area (TPSA) is 81.4 Å². The first-order valence-corrected chi connectivity index (χ1v) is 8.51. The third-order valence-corrected chi connectivity index (χ3v) is 4.30. The fourth-order valence-electron chi connectivity index (χ4n) is 1.65. The quantitative estimate of drug-likeness (QED) is 0.642. The number of ether oxygens (including phenoxy) is 1. The van der Waals surface area contributed by atoms with E-state index in [0.29, 0.717) is 31.9 Å². The molecule has 0 saturated carbocycles. The van der Waals surface area contributed by atoms with Gasteiger partial charge in [0.25, 0.3) is 0 Å². The highest BCUT2D eigenvalue weighted by atomic mass is 35.5. The third-order valence-electron chi connectivity index (χ3n) is 2.82. The molecule has 0 radical (unpaired) electrons. The van der Waals surface area contributed by atoms with E-state index in [9.17, 15) is 8.42 Å². The third kappa shape index (κ3) is 7.66. The minimum Gasteiger partial charge on any atom is -0.494 e. The second kappa shape index (κ2) is 10.8. The lowest BCUT2D eigenvalue weighted by atomic mass is 10.3. The van der Waals surface area contributed by atoms with Crippen LogP contribution in [0.3, 0.4) is 0 Å². The molecule has 122 valence electrons. The number of nitrogens with two attached hydrogens (primary N) is 1. The van der Waals surface area contributed by atoms with Crippen LogP contribution in [0.25, 0.3) is 0 Å². The Morgan fingerprint density at radius 1 is 1.14 bits per heavy atom. The van der Waals surface area contributed by atoms with Crippen LogP contribution in [-0.2, 0) is 10.0 Å². The molecule has 0 aliphatic carbocycles. The molecule has 0 unspecified atom stereocenters. The largest absolute Gasteiger partial charge is 0.494 e. The van der Waals surface area contributed by atoms with E-state index in [1.165, 1.54) is 0 Å². The van der Waals surface area contributed by atoms with Crippen molar-refractivity contribution in [3.63, 3.8) is 0 Å². The Morgan fingerprint density at radius 3 is 2.38 bits per heavy atom. The lowest BCUT2D eigenvalue weighted by Crippen LogP contribution is -2.26. The Bertz CT molecular complexity index is 477. The van der Waals surface area contributed by atoms with E-state index in [2.05, 4.69) is 11.6 Å². The summed E-state index contributed by atoms with van der Waals surface area (Å²) in [6.07, 6.45) is 3.92. The molecule has 0 bridgehead atoms. The van der Waals surface area contributed by atoms with Gasteiger partial charge in [0.1, 0.15) is 5.75 Å². The van der Waals surface area contributed by atoms with Crippen LogP contribution < -0.4 is 15.2 Å². The monoisotopic (exact) mass is 336 g/mol. The number of rotatable bonds is 10. The van der Waals surface area contributed by atoms with Crippen molar-refractivity contribution in [1.29, 1.82) is 0 Å². The van der Waals surface area contributed by atoms with Gasteiger partial charge in [-0.2, -0.15) is 0 Å². The summed E-state index contributed by atoms with van der Waals surface area (Å²) < 4.78 is 31.9. The van der Waals surface area contributed by atoms with Crippen molar-refractivity contribution in [3.8, 4) is 5.75 Å². The van der Waals surface area contributed by atoms with Crippen LogP contribution in [0.4, 0.5) is 0 Å². The van der Waals surface area contributed by atoms with Crippen LogP contribution in [0.2, 0.25) is 0 Å². The summed E-state index contributed by atoms with van der Waals surface area (Å²) in [7, 11) is -3.44. The van der Waals surface area contributed by atoms with Gasteiger partial charge < -0.3 is 10.5 Å². The molecule has 0 saturated heterocycles. The molecule has 0 spiro atoms. The van der Waals surface area contributed by atoms with Gasteiger partial charge >= 0.3 is 0 Å². The average Bonchev–Trinajstić information content (AvgIpc) is 2.44. The molecular formula is C14H25ClN2O3S. The number of halogens is 1. The predicted octanol–water partition coefficient (Wildman–Crippen LogP) is 2.30. The number of nitrogens with one attached hydrogen (secondary N) is 1. The maximum Gasteiger partial charge on any atom is 0.240 e. The maximum atomic E-state index is 11.9. The molecule has 7 heteroatoms. The van der Waals surface area contributed by atoms with Gasteiger partial charge in [-0.1, -0.05) is 19.8 Å². The van der Waals surface area contributed by atoms with Crippen molar-refractivity contribution in [2.75, 3.05) is 19.7 Å². The molecule has 3 N–H and O–H groups in total. The zero-order chi connectivity index (χ0) is 14.8. The molecule has 0 aromatic heterocycles. The van der Waals surface area contributed by atoms with Gasteiger partial charge in [0.05, 0.1) is 11.5 Å². The van der Waals surface area contributed by atoms with E-state index in [4.69, 9.17) is 10.5 Å². The molecule has 0 heterocycles. The van der Waals surface area contributed by atoms with E-state index in [1.54, 1.807) is 24.3 Å². The molecular weight excluding hydrogens is 312 g/mol. The summed E-state index contributed by atoms with van der Waals surface area (Å²) in [5.41, 5.74) is 5.33. The Kier molecular flexibility index (Phi) is 10.4. The summed E-state index contributed by atoms with van der Waals surface area (Å²) in [6.45, 7) is 3.62. The molecule has 5 nitrogen and oxygen atoms in total. The molecule has 0 atom stereocenters. The molecule has 0 aliphatic rings. The van der Waals surface area contributed by atoms with E-state index >= 15 is 0 Å². The van der Waals surface area contributed by atoms with Crippen molar-refractivity contribution in [1.82, 2.24) is 4.72 Å². The zero-order valence-corrected chi connectivity index (χ0v) is 14.0. The second-order valence-electron chi connectivity index (χ2n) is 4.57. The highest BCUT2D eigenvalue weighted by molar-refractivity contribution is 7.89. The van der Waals surface area contributed by atoms with Crippen molar-refractivity contribution >= 4 is 22.4 Å². The van der Waals surface area contributed by atoms with Crippen LogP contribution in [-0.4, -0.2) is 28.1 Å². The van der Waals surface area contributed by atoms with E-state index in [-0.39, 0.29) is 17.3 Å². The predicted molar refractivity (Wildman–Crippen MR) is 87.6 cm³/mol. The van der Waals surface area contributed by atoms with Crippen LogP contribution in [0.5, 0.6) is 5.75 Å². The molecule has 1 aromatic carbocycles. The standard InChI is InChI=1S/C14H24N2O3S.ClH/c1-2-3-4-12-19-13-6-8-14(9-7-13)20(17,18)16-11-5-10-15;/h6-9,16H,2-5,10-12,15H2,1H3;1H. The van der Waals surface area contributed by atoms with Gasteiger partial charge in [-0.3, -0.25) is 0 Å². The van der Waals surface area contributed by atoms with Crippen LogP contribution in [0, 0.1) is 0 Å². The Labute approximate surface area is 133 Å². The average molecular weight is 337 g/mol. The summed E-state index contributed by atoms with van der Waals surface area (Å²) >= 11 is 0. The summed E-state index contributed by atoms with van der Waals surface area (Å²) in [5.74, 6) is 0.696. The van der Waals surface area contributed by atoms with Gasteiger partial charge in [0.2, 0.25) is 10.0 Å². The second-order valence-corrected chi connectivity index (χ2v) is 6.33. The molecule has 0 amide bonds. The van der Waals surface area contributed by atoms with E-state index in [1.807, 2.05) is 0 Å². The van der Waals surface area contributed by atoms with Gasteiger partial charge in [-0.15, -0.1) is 12.4 Å². The summed E-state index contributed by atoms with van der Waals surface area (Å²) in [6, 6.07) is 6.48. The first kappa shape index (κ1) is 20.2. The SMILES string of the molecule is CCCCCOc1ccc(S(=O)(=O)NCCCN)cc1.Cl. The highest BCUT2D eigenvalue weighted by Crippen LogP contribution is 2.16. The molecule has 1 rings (SSSR count). The maximum absolute atomic E-state index is 11.9. The van der Waals surface area contributed by atoms with Crippen molar-refractivity contribution < 1.29 is 13.2 Å². The van der Waals surface area contributed by atoms with Crippen LogP contribution in [0.1, 0.15) is 32.6 Å². The van der Waals surface area contributed by atoms with Crippen LogP contribution >= 0.6 is 12.4 Å². The smallest absolute Gasteiger partial charge is 0.240 e. The van der Waals surface area contributed by atoms with Gasteiger partial charge in [0, 0.05) is 6.54 Å². The first-order valence-electron chi connectivity index (χ1n) is 7.02. The zero-order valence-electron chi connectivity index (χ0n) is 12.4. The fourth-order valence-corrected chi connectivity index (χ4v) is 2.72. The molecule has 21 heavy (non-hydrogen) atoms. The lowest BCUT2D eigenvalue weighted by molar-refractivity contribution is 0.306. The van der Waals surface area contributed by atoms with Crippen molar-refractivity contribution in [2.24, 2.45) is 5.73 Å². The summed E-state index contributed by atoms with van der Waals surface area (Å²) in [5, 5.41) is 0. The number of benzene rings is 1. The number of hydrogen-bond acceptors (Lipinski definition) is 4. The lowest BCUT2D eigenvalue weighted by Gasteiger charge is -2.08. The van der Waals surface area contributed by atoms with Crippen molar-refractivity contribution in [2.45, 2.75) is 37.5 Å². The molecule has 0 fully saturated rings. The van der Waals surface area contributed by atoms with E-state index in [0.717, 1.165) is 19.3 Å². The number of sulfonamides is 1. The normalized spacial score (nSPS) is 11.0. The Balaban J connectivity index is 0.00000400. The van der Waals surface area contributed by atoms with Gasteiger partial charge in [-0.25, -0.2) is 13.1 Å². The first-order chi connectivity index (χ1) is 9.60. The Morgan fingerprint density at radius 2 is 1.81 bits per heavy atom. The Hall–Kier alpha value is -0.820. The van der Waals surface area contributed by atoms with Crippen LogP contribution in [0.15, 0.2) is 29.2 Å². The minimum absolute atomic E-state index is 0. The van der Waals surface area contributed by atoms with Gasteiger partial charge in [0.15, 0.2) is 0 Å². The fraction of sp³-hybridized carbons (Fsp3) is 0.571. The minimum atomic E-state index is -3.44. The van der Waals surface area contributed by atoms with E-state index < -0.39 is 10.0 Å². The number of unbranched alkanes of at least 4 members (excludes halogenated alkanes) is 2. The van der Waals surface area contributed by atoms with Gasteiger partial charge in [-0.05, 0) is 43.7 Å². The summed E-state index contributed by atoms with van der Waals surface area (Å²) in [4.78, 5) is 0.246. The molecule has 1 aromatic rings. The molecule has 0 aliphatic heterocycles. The highest BCUT2D eigenvalue weighted by Gasteiger charge is 2.12.